The first-order valence-electron chi connectivity index (χ1n) is 5.81. The summed E-state index contributed by atoms with van der Waals surface area (Å²) in [6.45, 7) is 2.31. The fourth-order valence-electron chi connectivity index (χ4n) is 2.66. The lowest BCUT2D eigenvalue weighted by molar-refractivity contribution is -0.149. The molecular weight excluding hydrogens is 208 g/mol. The monoisotopic (exact) mass is 226 g/mol. The highest BCUT2D eigenvalue weighted by Gasteiger charge is 2.38. The molecule has 0 saturated carbocycles. The van der Waals surface area contributed by atoms with Crippen LogP contribution in [0, 0.1) is 5.92 Å². The third-order valence-corrected chi connectivity index (χ3v) is 3.56. The number of aliphatic carboxylic acids is 1. The molecule has 0 aromatic rings. The Labute approximate surface area is 95.0 Å². The number of likely N-dealkylation sites (tertiary alicyclic amines) is 2. The summed E-state index contributed by atoms with van der Waals surface area (Å²) in [6.07, 6.45) is 2.27. The summed E-state index contributed by atoms with van der Waals surface area (Å²) in [5.41, 5.74) is 0. The van der Waals surface area contributed by atoms with Gasteiger partial charge in [0.15, 0.2) is 0 Å². The first-order chi connectivity index (χ1) is 7.59. The predicted molar refractivity (Wildman–Crippen MR) is 58.0 cm³/mol. The zero-order valence-electron chi connectivity index (χ0n) is 9.56. The van der Waals surface area contributed by atoms with E-state index >= 15 is 0 Å². The fraction of sp³-hybridized carbons (Fsp3) is 0.818. The minimum absolute atomic E-state index is 0.00458. The number of carbonyl (C=O) groups is 2. The van der Waals surface area contributed by atoms with Crippen LogP contribution >= 0.6 is 0 Å². The van der Waals surface area contributed by atoms with Crippen LogP contribution in [0.2, 0.25) is 0 Å². The van der Waals surface area contributed by atoms with Crippen molar-refractivity contribution in [1.29, 1.82) is 0 Å². The topological polar surface area (TPSA) is 60.9 Å². The number of amides is 1. The van der Waals surface area contributed by atoms with Crippen LogP contribution in [0.15, 0.2) is 0 Å². The second-order valence-electron chi connectivity index (χ2n) is 4.78. The summed E-state index contributed by atoms with van der Waals surface area (Å²) in [5.74, 6) is -0.823. The summed E-state index contributed by atoms with van der Waals surface area (Å²) in [4.78, 5) is 26.8. The van der Waals surface area contributed by atoms with Gasteiger partial charge < -0.3 is 14.9 Å². The maximum atomic E-state index is 12.1. The van der Waals surface area contributed by atoms with Gasteiger partial charge in [0.2, 0.25) is 5.91 Å². The Hall–Kier alpha value is -1.10. The van der Waals surface area contributed by atoms with E-state index in [0.717, 1.165) is 25.9 Å². The fourth-order valence-corrected chi connectivity index (χ4v) is 2.66. The van der Waals surface area contributed by atoms with Gasteiger partial charge in [-0.1, -0.05) is 0 Å². The number of hydrogen-bond acceptors (Lipinski definition) is 3. The van der Waals surface area contributed by atoms with Crippen LogP contribution in [-0.4, -0.2) is 59.5 Å². The van der Waals surface area contributed by atoms with Gasteiger partial charge in [0, 0.05) is 13.1 Å². The lowest BCUT2D eigenvalue weighted by atomic mass is 10.1. The quantitative estimate of drug-likeness (QED) is 0.720. The number of carboxylic acid groups (broad SMARTS) is 1. The number of hydrogen-bond donors (Lipinski definition) is 1. The third-order valence-electron chi connectivity index (χ3n) is 3.56. The van der Waals surface area contributed by atoms with E-state index in [4.69, 9.17) is 5.11 Å². The first-order valence-corrected chi connectivity index (χ1v) is 5.81. The molecule has 2 aliphatic heterocycles. The molecule has 0 aliphatic carbocycles. The Morgan fingerprint density at radius 2 is 2.00 bits per heavy atom. The van der Waals surface area contributed by atoms with E-state index in [0.29, 0.717) is 13.0 Å². The molecule has 2 rings (SSSR count). The van der Waals surface area contributed by atoms with Gasteiger partial charge >= 0.3 is 5.97 Å². The Kier molecular flexibility index (Phi) is 3.14. The molecular formula is C11H18N2O3. The van der Waals surface area contributed by atoms with Gasteiger partial charge in [-0.25, -0.2) is 4.79 Å². The maximum Gasteiger partial charge on any atom is 0.326 e. The molecule has 0 bridgehead atoms. The van der Waals surface area contributed by atoms with Gasteiger partial charge in [-0.2, -0.15) is 0 Å². The SMILES string of the molecule is CN1CCC(C(=O)N2CCC[C@H]2C(=O)O)C1. The van der Waals surface area contributed by atoms with Crippen molar-refractivity contribution in [3.63, 3.8) is 0 Å². The minimum Gasteiger partial charge on any atom is -0.480 e. The average molecular weight is 226 g/mol. The van der Waals surface area contributed by atoms with E-state index in [-0.39, 0.29) is 11.8 Å². The molecule has 0 aromatic carbocycles. The Morgan fingerprint density at radius 1 is 1.25 bits per heavy atom. The molecule has 1 N–H and O–H groups in total. The van der Waals surface area contributed by atoms with Gasteiger partial charge in [-0.3, -0.25) is 4.79 Å². The second-order valence-corrected chi connectivity index (χ2v) is 4.78. The third kappa shape index (κ3) is 2.04. The molecule has 0 radical (unpaired) electrons. The molecule has 5 heteroatoms. The minimum atomic E-state index is -0.864. The largest absolute Gasteiger partial charge is 0.480 e. The Bertz CT molecular complexity index is 306. The van der Waals surface area contributed by atoms with Gasteiger partial charge in [-0.15, -0.1) is 0 Å². The van der Waals surface area contributed by atoms with Crippen LogP contribution in [0.25, 0.3) is 0 Å². The van der Waals surface area contributed by atoms with Gasteiger partial charge in [-0.05, 0) is 32.9 Å². The number of carbonyl (C=O) groups excluding carboxylic acids is 1. The van der Waals surface area contributed by atoms with Crippen molar-refractivity contribution in [2.24, 2.45) is 5.92 Å². The lowest BCUT2D eigenvalue weighted by Gasteiger charge is -2.24. The van der Waals surface area contributed by atoms with E-state index < -0.39 is 12.0 Å². The highest BCUT2D eigenvalue weighted by Crippen LogP contribution is 2.24. The standard InChI is InChI=1S/C11H18N2O3/c1-12-6-4-8(7-12)10(14)13-5-2-3-9(13)11(15)16/h8-9H,2-7H2,1H3,(H,15,16)/t8?,9-/m0/s1. The summed E-state index contributed by atoms with van der Waals surface area (Å²) >= 11 is 0. The molecule has 0 spiro atoms. The molecule has 5 nitrogen and oxygen atoms in total. The lowest BCUT2D eigenvalue weighted by Crippen LogP contribution is -2.44. The summed E-state index contributed by atoms with van der Waals surface area (Å²) in [6, 6.07) is -0.585. The summed E-state index contributed by atoms with van der Waals surface area (Å²) in [7, 11) is 1.99. The van der Waals surface area contributed by atoms with Crippen LogP contribution in [0.1, 0.15) is 19.3 Å². The number of carboxylic acids is 1. The van der Waals surface area contributed by atoms with Crippen molar-refractivity contribution in [3.05, 3.63) is 0 Å². The Balaban J connectivity index is 2.01. The maximum absolute atomic E-state index is 12.1. The van der Waals surface area contributed by atoms with E-state index in [1.54, 1.807) is 4.90 Å². The highest BCUT2D eigenvalue weighted by atomic mass is 16.4. The molecule has 1 unspecified atom stereocenters. The van der Waals surface area contributed by atoms with Gasteiger partial charge in [0.05, 0.1) is 5.92 Å². The average Bonchev–Trinajstić information content (AvgIpc) is 2.84. The van der Waals surface area contributed by atoms with Crippen molar-refractivity contribution < 1.29 is 14.7 Å². The summed E-state index contributed by atoms with van der Waals surface area (Å²) in [5, 5.41) is 9.02. The van der Waals surface area contributed by atoms with E-state index in [9.17, 15) is 9.59 Å². The molecule has 2 heterocycles. The highest BCUT2D eigenvalue weighted by molar-refractivity contribution is 5.86. The Morgan fingerprint density at radius 3 is 2.56 bits per heavy atom. The molecule has 1 amide bonds. The van der Waals surface area contributed by atoms with Crippen LogP contribution in [0.5, 0.6) is 0 Å². The zero-order valence-corrected chi connectivity index (χ0v) is 9.56. The number of nitrogens with zero attached hydrogens (tertiary/aromatic N) is 2. The number of rotatable bonds is 2. The van der Waals surface area contributed by atoms with Crippen LogP contribution in [0.3, 0.4) is 0 Å². The normalized spacial score (nSPS) is 30.9. The van der Waals surface area contributed by atoms with Crippen molar-refractivity contribution >= 4 is 11.9 Å². The van der Waals surface area contributed by atoms with Crippen LogP contribution < -0.4 is 0 Å². The molecule has 0 aromatic heterocycles. The molecule has 2 fully saturated rings. The second kappa shape index (κ2) is 4.41. The van der Waals surface area contributed by atoms with E-state index in [1.807, 2.05) is 7.05 Å². The van der Waals surface area contributed by atoms with Crippen molar-refractivity contribution in [2.75, 3.05) is 26.7 Å². The van der Waals surface area contributed by atoms with E-state index in [2.05, 4.69) is 4.90 Å². The first kappa shape index (κ1) is 11.4. The van der Waals surface area contributed by atoms with Crippen LogP contribution in [0.4, 0.5) is 0 Å². The molecule has 16 heavy (non-hydrogen) atoms. The molecule has 2 aliphatic rings. The van der Waals surface area contributed by atoms with E-state index in [1.165, 1.54) is 0 Å². The van der Waals surface area contributed by atoms with Gasteiger partial charge in [0.25, 0.3) is 0 Å². The molecule has 2 saturated heterocycles. The molecule has 90 valence electrons. The molecule has 2 atom stereocenters. The van der Waals surface area contributed by atoms with Crippen molar-refractivity contribution in [3.8, 4) is 0 Å². The summed E-state index contributed by atoms with van der Waals surface area (Å²) < 4.78 is 0. The van der Waals surface area contributed by atoms with Crippen molar-refractivity contribution in [1.82, 2.24) is 9.80 Å². The smallest absolute Gasteiger partial charge is 0.326 e. The van der Waals surface area contributed by atoms with Crippen LogP contribution in [-0.2, 0) is 9.59 Å². The van der Waals surface area contributed by atoms with Gasteiger partial charge in [0.1, 0.15) is 6.04 Å². The van der Waals surface area contributed by atoms with Crippen molar-refractivity contribution in [2.45, 2.75) is 25.3 Å². The predicted octanol–water partition coefficient (Wildman–Crippen LogP) is 0.0137. The zero-order chi connectivity index (χ0) is 11.7.